The van der Waals surface area contributed by atoms with E-state index in [0.717, 1.165) is 15.4 Å². The molecule has 0 saturated carbocycles. The Morgan fingerprint density at radius 2 is 1.79 bits per heavy atom. The van der Waals surface area contributed by atoms with E-state index in [-0.39, 0.29) is 18.0 Å². The van der Waals surface area contributed by atoms with Crippen LogP contribution in [0, 0.1) is 0 Å². The van der Waals surface area contributed by atoms with Crippen LogP contribution in [0.5, 0.6) is 5.75 Å². The summed E-state index contributed by atoms with van der Waals surface area (Å²) >= 11 is 0. The molecule has 0 unspecified atom stereocenters. The standard InChI is InChI=1S/C24H24N4O4S/c1-28(16-23(29)25-15-18-10-6-7-11-22(18)32-2)33(30,31)19-12-13-20-21(14-19)27-24(26-20)17-8-4-3-5-9-17/h3-14H,15-16H2,1-2H3,(H,25,29)(H,26,27). The summed E-state index contributed by atoms with van der Waals surface area (Å²) in [6.45, 7) is -0.0765. The number of likely N-dealkylation sites (N-methyl/N-ethyl adjacent to an activating group) is 1. The van der Waals surface area contributed by atoms with Crippen LogP contribution in [0.25, 0.3) is 22.4 Å². The van der Waals surface area contributed by atoms with Gasteiger partial charge >= 0.3 is 0 Å². The van der Waals surface area contributed by atoms with Crippen molar-refractivity contribution in [1.29, 1.82) is 0 Å². The fourth-order valence-corrected chi connectivity index (χ4v) is 4.60. The number of fused-ring (bicyclic) bond motifs is 1. The second kappa shape index (κ2) is 9.43. The minimum atomic E-state index is -3.88. The van der Waals surface area contributed by atoms with Crippen molar-refractivity contribution in [2.75, 3.05) is 20.7 Å². The minimum absolute atomic E-state index is 0.0818. The van der Waals surface area contributed by atoms with Crippen LogP contribution in [-0.2, 0) is 21.4 Å². The molecule has 1 heterocycles. The van der Waals surface area contributed by atoms with E-state index in [1.54, 1.807) is 19.2 Å². The van der Waals surface area contributed by atoms with E-state index < -0.39 is 15.9 Å². The highest BCUT2D eigenvalue weighted by molar-refractivity contribution is 7.89. The smallest absolute Gasteiger partial charge is 0.243 e. The second-order valence-corrected chi connectivity index (χ2v) is 9.52. The monoisotopic (exact) mass is 464 g/mol. The van der Waals surface area contributed by atoms with Gasteiger partial charge in [-0.2, -0.15) is 4.31 Å². The van der Waals surface area contributed by atoms with Crippen molar-refractivity contribution in [3.8, 4) is 17.1 Å². The van der Waals surface area contributed by atoms with Gasteiger partial charge in [0.05, 0.1) is 29.6 Å². The molecule has 33 heavy (non-hydrogen) atoms. The highest BCUT2D eigenvalue weighted by Gasteiger charge is 2.24. The highest BCUT2D eigenvalue weighted by Crippen LogP contribution is 2.24. The number of rotatable bonds is 8. The summed E-state index contributed by atoms with van der Waals surface area (Å²) in [5.74, 6) is 0.895. The molecular weight excluding hydrogens is 440 g/mol. The number of methoxy groups -OCH3 is 1. The normalized spacial score (nSPS) is 11.6. The molecule has 9 heteroatoms. The molecule has 0 aliphatic carbocycles. The van der Waals surface area contributed by atoms with Crippen LogP contribution >= 0.6 is 0 Å². The summed E-state index contributed by atoms with van der Waals surface area (Å²) in [6, 6.07) is 21.6. The molecule has 4 rings (SSSR count). The number of H-pyrrole nitrogens is 1. The third-order valence-electron chi connectivity index (χ3n) is 5.24. The molecule has 0 bridgehead atoms. The van der Waals surface area contributed by atoms with Gasteiger partial charge in [0.15, 0.2) is 0 Å². The predicted octanol–water partition coefficient (Wildman–Crippen LogP) is 3.18. The lowest BCUT2D eigenvalue weighted by Gasteiger charge is -2.17. The Morgan fingerprint density at radius 3 is 2.55 bits per heavy atom. The van der Waals surface area contributed by atoms with E-state index >= 15 is 0 Å². The number of hydrogen-bond donors (Lipinski definition) is 2. The molecule has 0 spiro atoms. The molecule has 0 atom stereocenters. The van der Waals surface area contributed by atoms with Crippen molar-refractivity contribution in [3.63, 3.8) is 0 Å². The molecule has 4 aromatic rings. The first-order valence-corrected chi connectivity index (χ1v) is 11.7. The summed E-state index contributed by atoms with van der Waals surface area (Å²) in [6.07, 6.45) is 0. The number of aromatic nitrogens is 2. The third-order valence-corrected chi connectivity index (χ3v) is 7.04. The third kappa shape index (κ3) is 4.89. The van der Waals surface area contributed by atoms with E-state index in [1.807, 2.05) is 48.5 Å². The Bertz CT molecular complexity index is 1380. The number of para-hydroxylation sites is 1. The number of nitrogens with one attached hydrogen (secondary N) is 2. The van der Waals surface area contributed by atoms with Gasteiger partial charge in [0.25, 0.3) is 0 Å². The molecule has 0 radical (unpaired) electrons. The maximum absolute atomic E-state index is 13.1. The molecule has 170 valence electrons. The Labute approximate surface area is 192 Å². The molecule has 0 aliphatic rings. The van der Waals surface area contributed by atoms with Crippen molar-refractivity contribution >= 4 is 27.0 Å². The minimum Gasteiger partial charge on any atom is -0.496 e. The van der Waals surface area contributed by atoms with Gasteiger partial charge in [0.2, 0.25) is 15.9 Å². The quantitative estimate of drug-likeness (QED) is 0.417. The van der Waals surface area contributed by atoms with Crippen LogP contribution in [-0.4, -0.2) is 49.3 Å². The molecule has 0 fully saturated rings. The number of sulfonamides is 1. The first-order chi connectivity index (χ1) is 15.9. The number of aromatic amines is 1. The number of nitrogens with zero attached hydrogens (tertiary/aromatic N) is 2. The summed E-state index contributed by atoms with van der Waals surface area (Å²) in [5.41, 5.74) is 2.97. The molecule has 3 aromatic carbocycles. The summed E-state index contributed by atoms with van der Waals surface area (Å²) in [7, 11) is -0.941. The lowest BCUT2D eigenvalue weighted by atomic mass is 10.2. The lowest BCUT2D eigenvalue weighted by Crippen LogP contribution is -2.38. The van der Waals surface area contributed by atoms with Gasteiger partial charge in [-0.1, -0.05) is 48.5 Å². The van der Waals surface area contributed by atoms with Crippen LogP contribution in [0.2, 0.25) is 0 Å². The zero-order valence-corrected chi connectivity index (χ0v) is 19.1. The van der Waals surface area contributed by atoms with Gasteiger partial charge in [-0.15, -0.1) is 0 Å². The van der Waals surface area contributed by atoms with E-state index in [0.29, 0.717) is 22.6 Å². The zero-order chi connectivity index (χ0) is 23.4. The van der Waals surface area contributed by atoms with Gasteiger partial charge in [0, 0.05) is 24.7 Å². The number of carbonyl (C=O) groups excluding carboxylic acids is 1. The van der Waals surface area contributed by atoms with Gasteiger partial charge in [-0.05, 0) is 24.3 Å². The molecule has 8 nitrogen and oxygen atoms in total. The van der Waals surface area contributed by atoms with Gasteiger partial charge in [-0.3, -0.25) is 4.79 Å². The molecule has 0 saturated heterocycles. The van der Waals surface area contributed by atoms with Crippen LogP contribution in [0.1, 0.15) is 5.56 Å². The van der Waals surface area contributed by atoms with Crippen LogP contribution < -0.4 is 10.1 Å². The number of imidazole rings is 1. The molecular formula is C24H24N4O4S. The Hall–Kier alpha value is -3.69. The van der Waals surface area contributed by atoms with Gasteiger partial charge in [-0.25, -0.2) is 13.4 Å². The first-order valence-electron chi connectivity index (χ1n) is 10.3. The predicted molar refractivity (Wildman–Crippen MR) is 126 cm³/mol. The van der Waals surface area contributed by atoms with Gasteiger partial charge < -0.3 is 15.0 Å². The topological polar surface area (TPSA) is 104 Å². The number of hydrogen-bond acceptors (Lipinski definition) is 5. The largest absolute Gasteiger partial charge is 0.496 e. The van der Waals surface area contributed by atoms with Gasteiger partial charge in [0.1, 0.15) is 11.6 Å². The summed E-state index contributed by atoms with van der Waals surface area (Å²) in [4.78, 5) is 20.2. The SMILES string of the molecule is COc1ccccc1CNC(=O)CN(C)S(=O)(=O)c1ccc2nc(-c3ccccc3)[nH]c2c1. The Morgan fingerprint density at radius 1 is 1.06 bits per heavy atom. The average Bonchev–Trinajstić information content (AvgIpc) is 3.27. The maximum atomic E-state index is 13.1. The number of benzene rings is 3. The highest BCUT2D eigenvalue weighted by atomic mass is 32.2. The second-order valence-electron chi connectivity index (χ2n) is 7.48. The lowest BCUT2D eigenvalue weighted by molar-refractivity contribution is -0.121. The number of ether oxygens (including phenoxy) is 1. The van der Waals surface area contributed by atoms with E-state index in [9.17, 15) is 13.2 Å². The fourth-order valence-electron chi connectivity index (χ4n) is 3.45. The number of amides is 1. The van der Waals surface area contributed by atoms with Crippen molar-refractivity contribution in [3.05, 3.63) is 78.4 Å². The van der Waals surface area contributed by atoms with E-state index in [4.69, 9.17) is 4.74 Å². The zero-order valence-electron chi connectivity index (χ0n) is 18.3. The van der Waals surface area contributed by atoms with Crippen LogP contribution in [0.3, 0.4) is 0 Å². The molecule has 2 N–H and O–H groups in total. The molecule has 1 amide bonds. The Balaban J connectivity index is 1.47. The van der Waals surface area contributed by atoms with Crippen molar-refractivity contribution in [1.82, 2.24) is 19.6 Å². The van der Waals surface area contributed by atoms with Crippen molar-refractivity contribution in [2.24, 2.45) is 0 Å². The average molecular weight is 465 g/mol. The summed E-state index contributed by atoms with van der Waals surface area (Å²) in [5, 5.41) is 2.74. The fraction of sp³-hybridized carbons (Fsp3) is 0.167. The maximum Gasteiger partial charge on any atom is 0.243 e. The van der Waals surface area contributed by atoms with E-state index in [2.05, 4.69) is 15.3 Å². The van der Waals surface area contributed by atoms with Crippen molar-refractivity contribution in [2.45, 2.75) is 11.4 Å². The molecule has 0 aliphatic heterocycles. The summed E-state index contributed by atoms with van der Waals surface area (Å²) < 4.78 is 32.4. The van der Waals surface area contributed by atoms with Crippen LogP contribution in [0.4, 0.5) is 0 Å². The van der Waals surface area contributed by atoms with Crippen LogP contribution in [0.15, 0.2) is 77.7 Å². The first kappa shape index (κ1) is 22.5. The number of carbonyl (C=O) groups is 1. The van der Waals surface area contributed by atoms with Crippen molar-refractivity contribution < 1.29 is 17.9 Å². The Kier molecular flexibility index (Phi) is 6.43. The van der Waals surface area contributed by atoms with E-state index in [1.165, 1.54) is 19.2 Å². The molecule has 1 aromatic heterocycles.